The van der Waals surface area contributed by atoms with E-state index in [-0.39, 0.29) is 6.42 Å². The van der Waals surface area contributed by atoms with Crippen molar-refractivity contribution in [1.29, 1.82) is 0 Å². The molecule has 0 spiro atoms. The van der Waals surface area contributed by atoms with Crippen LogP contribution in [0.15, 0.2) is 24.3 Å². The molecular weight excluding hydrogens is 248 g/mol. The van der Waals surface area contributed by atoms with Gasteiger partial charge in [-0.25, -0.2) is 0 Å². The van der Waals surface area contributed by atoms with Crippen molar-refractivity contribution in [2.45, 2.75) is 84.0 Å². The first-order valence-electron chi connectivity index (χ1n) is 8.29. The molecule has 0 aromatic carbocycles. The summed E-state index contributed by atoms with van der Waals surface area (Å²) in [5.74, 6) is -0.708. The second-order valence-corrected chi connectivity index (χ2v) is 5.34. The highest BCUT2D eigenvalue weighted by molar-refractivity contribution is 5.66. The van der Waals surface area contributed by atoms with Gasteiger partial charge in [0.2, 0.25) is 0 Å². The molecule has 2 heteroatoms. The molecule has 0 aromatic rings. The third-order valence-electron chi connectivity index (χ3n) is 3.34. The molecule has 20 heavy (non-hydrogen) atoms. The van der Waals surface area contributed by atoms with Crippen molar-refractivity contribution >= 4 is 5.97 Å². The summed E-state index contributed by atoms with van der Waals surface area (Å²) >= 11 is 0. The highest BCUT2D eigenvalue weighted by Gasteiger charge is 1.92. The summed E-state index contributed by atoms with van der Waals surface area (Å²) in [5.41, 5.74) is 0. The molecule has 0 bridgehead atoms. The fourth-order valence-electron chi connectivity index (χ4n) is 2.14. The van der Waals surface area contributed by atoms with Gasteiger partial charge in [-0.05, 0) is 38.5 Å². The first-order chi connectivity index (χ1) is 9.77. The van der Waals surface area contributed by atoms with Crippen molar-refractivity contribution in [3.8, 4) is 0 Å². The molecule has 0 aliphatic carbocycles. The topological polar surface area (TPSA) is 37.3 Å². The van der Waals surface area contributed by atoms with Crippen LogP contribution in [0, 0.1) is 0 Å². The number of carboxylic acids is 1. The molecule has 0 aliphatic rings. The van der Waals surface area contributed by atoms with Crippen molar-refractivity contribution in [3.05, 3.63) is 24.3 Å². The van der Waals surface area contributed by atoms with Gasteiger partial charge in [0, 0.05) is 6.42 Å². The number of aliphatic carboxylic acids is 1. The molecule has 0 saturated heterocycles. The summed E-state index contributed by atoms with van der Waals surface area (Å²) in [7, 11) is 0. The summed E-state index contributed by atoms with van der Waals surface area (Å²) in [6.07, 6.45) is 22.4. The molecule has 0 unspecified atom stereocenters. The Morgan fingerprint density at radius 2 is 1.20 bits per heavy atom. The molecule has 0 rings (SSSR count). The Kier molecular flexibility index (Phi) is 15.2. The third-order valence-corrected chi connectivity index (χ3v) is 3.34. The number of carboxylic acid groups (broad SMARTS) is 1. The Labute approximate surface area is 125 Å². The number of allylic oxidation sites excluding steroid dienone is 4. The van der Waals surface area contributed by atoms with E-state index in [9.17, 15) is 4.79 Å². The van der Waals surface area contributed by atoms with Crippen LogP contribution >= 0.6 is 0 Å². The van der Waals surface area contributed by atoms with Crippen LogP contribution in [0.1, 0.15) is 84.0 Å². The molecule has 1 N–H and O–H groups in total. The molecule has 0 aliphatic heterocycles. The zero-order valence-corrected chi connectivity index (χ0v) is 13.2. The number of hydrogen-bond donors (Lipinski definition) is 1. The Morgan fingerprint density at radius 1 is 0.750 bits per heavy atom. The number of hydrogen-bond acceptors (Lipinski definition) is 1. The number of rotatable bonds is 14. The molecule has 0 radical (unpaired) electrons. The van der Waals surface area contributed by atoms with Crippen molar-refractivity contribution in [3.63, 3.8) is 0 Å². The molecular formula is C18H32O2. The van der Waals surface area contributed by atoms with E-state index in [0.717, 1.165) is 12.8 Å². The first-order valence-corrected chi connectivity index (χ1v) is 8.29. The quantitative estimate of drug-likeness (QED) is 0.318. The lowest BCUT2D eigenvalue weighted by Gasteiger charge is -2.00. The van der Waals surface area contributed by atoms with Crippen molar-refractivity contribution in [1.82, 2.24) is 0 Å². The zero-order chi connectivity index (χ0) is 14.9. The van der Waals surface area contributed by atoms with E-state index in [1.807, 2.05) is 6.08 Å². The van der Waals surface area contributed by atoms with Gasteiger partial charge in [0.25, 0.3) is 0 Å². The lowest BCUT2D eigenvalue weighted by atomic mass is 10.1. The number of carbonyl (C=O) groups is 1. The Morgan fingerprint density at radius 3 is 1.70 bits per heavy atom. The second-order valence-electron chi connectivity index (χ2n) is 5.34. The average molecular weight is 280 g/mol. The predicted molar refractivity (Wildman–Crippen MR) is 87.0 cm³/mol. The summed E-state index contributed by atoms with van der Waals surface area (Å²) in [4.78, 5) is 10.3. The van der Waals surface area contributed by atoms with Crippen LogP contribution in [-0.2, 0) is 4.79 Å². The first kappa shape index (κ1) is 18.9. The summed E-state index contributed by atoms with van der Waals surface area (Å²) < 4.78 is 0. The van der Waals surface area contributed by atoms with Crippen LogP contribution in [0.25, 0.3) is 0 Å². The number of unbranched alkanes of at least 4 members (excludes halogenated alkanes) is 8. The molecule has 2 nitrogen and oxygen atoms in total. The Hall–Kier alpha value is -1.05. The Bertz CT molecular complexity index is 267. The molecule has 0 amide bonds. The Balaban J connectivity index is 3.09. The van der Waals surface area contributed by atoms with Crippen LogP contribution in [0.5, 0.6) is 0 Å². The van der Waals surface area contributed by atoms with Gasteiger partial charge in [0.05, 0.1) is 0 Å². The fraction of sp³-hybridized carbons (Fsp3) is 0.722. The largest absolute Gasteiger partial charge is 0.481 e. The highest BCUT2D eigenvalue weighted by atomic mass is 16.4. The smallest absolute Gasteiger partial charge is 0.303 e. The van der Waals surface area contributed by atoms with Crippen molar-refractivity contribution < 1.29 is 9.90 Å². The van der Waals surface area contributed by atoms with Gasteiger partial charge in [-0.15, -0.1) is 0 Å². The van der Waals surface area contributed by atoms with Crippen LogP contribution in [-0.4, -0.2) is 11.1 Å². The van der Waals surface area contributed by atoms with Crippen LogP contribution in [0.2, 0.25) is 0 Å². The van der Waals surface area contributed by atoms with E-state index in [2.05, 4.69) is 25.2 Å². The predicted octanol–water partition coefficient (Wildman–Crippen LogP) is 5.88. The van der Waals surface area contributed by atoms with Crippen LogP contribution in [0.4, 0.5) is 0 Å². The van der Waals surface area contributed by atoms with Gasteiger partial charge in [-0.2, -0.15) is 0 Å². The lowest BCUT2D eigenvalue weighted by molar-refractivity contribution is -0.136. The van der Waals surface area contributed by atoms with Gasteiger partial charge in [0.1, 0.15) is 0 Å². The molecule has 0 atom stereocenters. The van der Waals surface area contributed by atoms with E-state index in [1.165, 1.54) is 51.4 Å². The van der Waals surface area contributed by atoms with E-state index in [1.54, 1.807) is 0 Å². The average Bonchev–Trinajstić information content (AvgIpc) is 2.43. The van der Waals surface area contributed by atoms with Gasteiger partial charge in [-0.3, -0.25) is 4.79 Å². The maximum atomic E-state index is 10.3. The van der Waals surface area contributed by atoms with Gasteiger partial charge in [0.15, 0.2) is 0 Å². The van der Waals surface area contributed by atoms with Crippen LogP contribution in [0.3, 0.4) is 0 Å². The third kappa shape index (κ3) is 16.9. The minimum Gasteiger partial charge on any atom is -0.481 e. The molecule has 0 aromatic heterocycles. The summed E-state index contributed by atoms with van der Waals surface area (Å²) in [5, 5.41) is 8.48. The lowest BCUT2D eigenvalue weighted by Crippen LogP contribution is -1.91. The minimum atomic E-state index is -0.708. The standard InChI is InChI=1S/C18H32O2/c1-2-3-4-5-6-7-8-9-10-11-12-13-14-15-16-17-18(19)20/h3-4,14-15H,2,5-13,16-17H2,1H3,(H,19,20). The van der Waals surface area contributed by atoms with E-state index in [0.29, 0.717) is 6.42 Å². The maximum absolute atomic E-state index is 10.3. The highest BCUT2D eigenvalue weighted by Crippen LogP contribution is 2.10. The maximum Gasteiger partial charge on any atom is 0.303 e. The monoisotopic (exact) mass is 280 g/mol. The van der Waals surface area contributed by atoms with E-state index < -0.39 is 5.97 Å². The SMILES string of the molecule is CCC=CCCCCCCCCCC=CCCC(=O)O. The minimum absolute atomic E-state index is 0.254. The summed E-state index contributed by atoms with van der Waals surface area (Å²) in [6, 6.07) is 0. The normalized spacial score (nSPS) is 11.7. The molecule has 0 saturated carbocycles. The summed E-state index contributed by atoms with van der Waals surface area (Å²) in [6.45, 7) is 2.18. The fourth-order valence-corrected chi connectivity index (χ4v) is 2.14. The van der Waals surface area contributed by atoms with Crippen LogP contribution < -0.4 is 0 Å². The molecule has 116 valence electrons. The second kappa shape index (κ2) is 16.0. The van der Waals surface area contributed by atoms with Gasteiger partial charge in [-0.1, -0.05) is 63.3 Å². The van der Waals surface area contributed by atoms with Gasteiger partial charge >= 0.3 is 5.97 Å². The van der Waals surface area contributed by atoms with Gasteiger partial charge < -0.3 is 5.11 Å². The molecule has 0 heterocycles. The van der Waals surface area contributed by atoms with Crippen molar-refractivity contribution in [2.75, 3.05) is 0 Å². The van der Waals surface area contributed by atoms with E-state index in [4.69, 9.17) is 5.11 Å². The zero-order valence-electron chi connectivity index (χ0n) is 13.2. The van der Waals surface area contributed by atoms with Crippen molar-refractivity contribution in [2.24, 2.45) is 0 Å². The van der Waals surface area contributed by atoms with E-state index >= 15 is 0 Å². The molecule has 0 fully saturated rings.